The summed E-state index contributed by atoms with van der Waals surface area (Å²) in [5, 5.41) is 8.09. The number of thiazole rings is 1. The quantitative estimate of drug-likeness (QED) is 0.912. The van der Waals surface area contributed by atoms with Crippen molar-refractivity contribution in [2.75, 3.05) is 11.9 Å². The fourth-order valence-electron chi connectivity index (χ4n) is 2.39. The zero-order valence-electron chi connectivity index (χ0n) is 11.7. The Kier molecular flexibility index (Phi) is 4.44. The fraction of sp³-hybridized carbons (Fsp3) is 0.333. The van der Waals surface area contributed by atoms with Gasteiger partial charge in [-0.1, -0.05) is 6.42 Å². The van der Waals surface area contributed by atoms with Gasteiger partial charge >= 0.3 is 0 Å². The molecule has 3 rings (SSSR count). The summed E-state index contributed by atoms with van der Waals surface area (Å²) in [5.74, 6) is -1.91. The van der Waals surface area contributed by atoms with E-state index in [4.69, 9.17) is 0 Å². The number of halogens is 2. The third-order valence-electron chi connectivity index (χ3n) is 3.58. The first-order valence-electron chi connectivity index (χ1n) is 7.08. The van der Waals surface area contributed by atoms with Gasteiger partial charge in [-0.2, -0.15) is 0 Å². The van der Waals surface area contributed by atoms with E-state index in [1.165, 1.54) is 17.4 Å². The van der Waals surface area contributed by atoms with E-state index in [1.54, 1.807) is 5.38 Å². The van der Waals surface area contributed by atoms with Crippen LogP contribution in [0.5, 0.6) is 0 Å². The number of piperidine rings is 1. The molecule has 1 saturated heterocycles. The third-order valence-corrected chi connectivity index (χ3v) is 4.33. The zero-order chi connectivity index (χ0) is 15.5. The van der Waals surface area contributed by atoms with E-state index < -0.39 is 11.6 Å². The number of anilines is 1. The van der Waals surface area contributed by atoms with Crippen molar-refractivity contribution in [1.29, 1.82) is 0 Å². The molecule has 1 fully saturated rings. The van der Waals surface area contributed by atoms with E-state index >= 15 is 0 Å². The third kappa shape index (κ3) is 3.31. The molecule has 1 atom stereocenters. The first-order chi connectivity index (χ1) is 10.6. The number of hydrogen-bond acceptors (Lipinski definition) is 4. The number of nitrogens with one attached hydrogen (secondary N) is 2. The summed E-state index contributed by atoms with van der Waals surface area (Å²) >= 11 is 1.26. The lowest BCUT2D eigenvalue weighted by Crippen LogP contribution is -2.43. The summed E-state index contributed by atoms with van der Waals surface area (Å²) < 4.78 is 26.2. The second kappa shape index (κ2) is 6.50. The molecule has 0 bridgehead atoms. The number of rotatable bonds is 3. The van der Waals surface area contributed by atoms with E-state index in [0.29, 0.717) is 16.4 Å². The highest BCUT2D eigenvalue weighted by molar-refractivity contribution is 7.14. The first kappa shape index (κ1) is 15.1. The van der Waals surface area contributed by atoms with Gasteiger partial charge in [-0.15, -0.1) is 11.3 Å². The molecule has 1 amide bonds. The van der Waals surface area contributed by atoms with Crippen LogP contribution in [0, 0.1) is 11.6 Å². The second-order valence-corrected chi connectivity index (χ2v) is 6.02. The lowest BCUT2D eigenvalue weighted by molar-refractivity contribution is -0.118. The Morgan fingerprint density at radius 1 is 1.32 bits per heavy atom. The number of hydrogen-bond donors (Lipinski definition) is 2. The van der Waals surface area contributed by atoms with Crippen molar-refractivity contribution in [3.8, 4) is 11.3 Å². The standard InChI is InChI=1S/C15H15F2N3OS/c16-10-5-4-9(7-11(10)17)13-8-22-15(19-13)20-14(21)12-3-1-2-6-18-12/h4-5,7-8,12,18H,1-3,6H2,(H,19,20,21). The molecule has 22 heavy (non-hydrogen) atoms. The van der Waals surface area contributed by atoms with E-state index in [2.05, 4.69) is 15.6 Å². The number of carbonyl (C=O) groups excluding carboxylic acids is 1. The first-order valence-corrected chi connectivity index (χ1v) is 7.96. The maximum Gasteiger partial charge on any atom is 0.243 e. The summed E-state index contributed by atoms with van der Waals surface area (Å²) in [6.45, 7) is 0.843. The molecule has 116 valence electrons. The van der Waals surface area contributed by atoms with Crippen LogP contribution in [0.2, 0.25) is 0 Å². The van der Waals surface area contributed by atoms with Gasteiger partial charge in [0, 0.05) is 10.9 Å². The average Bonchev–Trinajstić information content (AvgIpc) is 2.99. The Balaban J connectivity index is 1.70. The Hall–Kier alpha value is -1.86. The van der Waals surface area contributed by atoms with Gasteiger partial charge in [0.25, 0.3) is 0 Å². The van der Waals surface area contributed by atoms with E-state index in [9.17, 15) is 13.6 Å². The van der Waals surface area contributed by atoms with Crippen molar-refractivity contribution in [3.05, 3.63) is 35.2 Å². The molecule has 1 aliphatic heterocycles. The van der Waals surface area contributed by atoms with Gasteiger partial charge < -0.3 is 10.6 Å². The molecule has 2 aromatic rings. The minimum Gasteiger partial charge on any atom is -0.306 e. The molecule has 1 aliphatic rings. The van der Waals surface area contributed by atoms with Crippen LogP contribution in [0.1, 0.15) is 19.3 Å². The molecular weight excluding hydrogens is 308 g/mol. The Morgan fingerprint density at radius 2 is 2.18 bits per heavy atom. The summed E-state index contributed by atoms with van der Waals surface area (Å²) in [7, 11) is 0. The van der Waals surface area contributed by atoms with Crippen molar-refractivity contribution < 1.29 is 13.6 Å². The van der Waals surface area contributed by atoms with Gasteiger partial charge in [0.2, 0.25) is 5.91 Å². The van der Waals surface area contributed by atoms with Crippen molar-refractivity contribution in [2.24, 2.45) is 0 Å². The predicted molar refractivity (Wildman–Crippen MR) is 81.7 cm³/mol. The van der Waals surface area contributed by atoms with E-state index in [0.717, 1.165) is 37.9 Å². The van der Waals surface area contributed by atoms with Crippen LogP contribution in [0.3, 0.4) is 0 Å². The highest BCUT2D eigenvalue weighted by Crippen LogP contribution is 2.26. The number of benzene rings is 1. The molecule has 7 heteroatoms. The van der Waals surface area contributed by atoms with Crippen molar-refractivity contribution in [2.45, 2.75) is 25.3 Å². The van der Waals surface area contributed by atoms with Crippen molar-refractivity contribution in [1.82, 2.24) is 10.3 Å². The highest BCUT2D eigenvalue weighted by atomic mass is 32.1. The van der Waals surface area contributed by atoms with E-state index in [-0.39, 0.29) is 11.9 Å². The number of nitrogens with zero attached hydrogens (tertiary/aromatic N) is 1. The monoisotopic (exact) mass is 323 g/mol. The van der Waals surface area contributed by atoms with Gasteiger partial charge in [0.1, 0.15) is 0 Å². The van der Waals surface area contributed by atoms with Crippen LogP contribution in [-0.4, -0.2) is 23.5 Å². The lowest BCUT2D eigenvalue weighted by atomic mass is 10.0. The minimum atomic E-state index is -0.914. The number of amides is 1. The molecule has 0 aliphatic carbocycles. The van der Waals surface area contributed by atoms with Gasteiger partial charge in [-0.25, -0.2) is 13.8 Å². The van der Waals surface area contributed by atoms with Crippen LogP contribution < -0.4 is 10.6 Å². The Morgan fingerprint density at radius 3 is 2.91 bits per heavy atom. The van der Waals surface area contributed by atoms with Gasteiger partial charge in [-0.3, -0.25) is 4.79 Å². The van der Waals surface area contributed by atoms with E-state index in [1.807, 2.05) is 0 Å². The molecular formula is C15H15F2N3OS. The largest absolute Gasteiger partial charge is 0.306 e. The number of aromatic nitrogens is 1. The average molecular weight is 323 g/mol. The van der Waals surface area contributed by atoms with Crippen molar-refractivity contribution >= 4 is 22.4 Å². The van der Waals surface area contributed by atoms with Gasteiger partial charge in [0.05, 0.1) is 11.7 Å². The van der Waals surface area contributed by atoms with Gasteiger partial charge in [0.15, 0.2) is 16.8 Å². The SMILES string of the molecule is O=C(Nc1nc(-c2ccc(F)c(F)c2)cs1)C1CCCCN1. The summed E-state index contributed by atoms with van der Waals surface area (Å²) in [6, 6.07) is 3.43. The van der Waals surface area contributed by atoms with Gasteiger partial charge in [-0.05, 0) is 37.6 Å². The topological polar surface area (TPSA) is 54.0 Å². The molecule has 0 spiro atoms. The maximum atomic E-state index is 13.2. The smallest absolute Gasteiger partial charge is 0.243 e. The maximum absolute atomic E-state index is 13.2. The molecule has 0 saturated carbocycles. The molecule has 2 N–H and O–H groups in total. The van der Waals surface area contributed by atoms with Crippen LogP contribution in [0.15, 0.2) is 23.6 Å². The predicted octanol–water partition coefficient (Wildman–Crippen LogP) is 3.17. The Bertz CT molecular complexity index is 683. The molecule has 2 heterocycles. The summed E-state index contributed by atoms with van der Waals surface area (Å²) in [5.41, 5.74) is 0.988. The molecule has 1 aromatic carbocycles. The van der Waals surface area contributed by atoms with Crippen LogP contribution in [-0.2, 0) is 4.79 Å². The fourth-order valence-corrected chi connectivity index (χ4v) is 3.11. The molecule has 4 nitrogen and oxygen atoms in total. The molecule has 0 radical (unpaired) electrons. The highest BCUT2D eigenvalue weighted by Gasteiger charge is 2.21. The Labute approximate surface area is 130 Å². The minimum absolute atomic E-state index is 0.106. The van der Waals surface area contributed by atoms with Crippen LogP contribution >= 0.6 is 11.3 Å². The zero-order valence-corrected chi connectivity index (χ0v) is 12.6. The molecule has 1 unspecified atom stereocenters. The normalized spacial score (nSPS) is 18.2. The number of carbonyl (C=O) groups is 1. The molecule has 1 aromatic heterocycles. The summed E-state index contributed by atoms with van der Waals surface area (Å²) in [6.07, 6.45) is 2.93. The van der Waals surface area contributed by atoms with Crippen molar-refractivity contribution in [3.63, 3.8) is 0 Å². The van der Waals surface area contributed by atoms with Crippen LogP contribution in [0.4, 0.5) is 13.9 Å². The summed E-state index contributed by atoms with van der Waals surface area (Å²) in [4.78, 5) is 16.4. The second-order valence-electron chi connectivity index (χ2n) is 5.16. The van der Waals surface area contributed by atoms with Crippen LogP contribution in [0.25, 0.3) is 11.3 Å². The lowest BCUT2D eigenvalue weighted by Gasteiger charge is -2.21.